The van der Waals surface area contributed by atoms with Crippen molar-refractivity contribution in [1.82, 2.24) is 0 Å². The van der Waals surface area contributed by atoms with Crippen LogP contribution < -0.4 is 10.1 Å². The molecule has 1 heteroatoms. The molecule has 8 aromatic carbocycles. The summed E-state index contributed by atoms with van der Waals surface area (Å²) in [6, 6.07) is 51.2. The third-order valence-corrected chi connectivity index (χ3v) is 12.3. The van der Waals surface area contributed by atoms with E-state index in [1.807, 2.05) is 30.4 Å². The second-order valence-corrected chi connectivity index (χ2v) is 16.5. The van der Waals surface area contributed by atoms with E-state index in [1.54, 1.807) is 0 Å². The summed E-state index contributed by atoms with van der Waals surface area (Å²) in [6.07, 6.45) is 20.6. The molecule has 0 saturated heterocycles. The Balaban J connectivity index is 0.000000689. The molecule has 1 unspecified atom stereocenters. The minimum atomic E-state index is 0.207. The van der Waals surface area contributed by atoms with Crippen LogP contribution in [-0.4, -0.2) is 6.04 Å². The van der Waals surface area contributed by atoms with E-state index in [9.17, 15) is 0 Å². The SMILES string of the molecule is C=C/C=c1/c(-c2ccc(-c3ccc(N(C4=CCCC=C4)C(/C=C\C)CC=C)cc3)cc2C)c(C)c2cccc3c(-c4ccc5ccccc5c4)cc(C)c1c32.Cc1ccccc1. The van der Waals surface area contributed by atoms with Gasteiger partial charge in [-0.25, -0.2) is 0 Å². The predicted octanol–water partition coefficient (Wildman–Crippen LogP) is 16.3. The van der Waals surface area contributed by atoms with Crippen LogP contribution in [0.1, 0.15) is 48.4 Å². The summed E-state index contributed by atoms with van der Waals surface area (Å²) in [5, 5.41) is 8.97. The number of anilines is 1. The lowest BCUT2D eigenvalue weighted by Crippen LogP contribution is -2.32. The summed E-state index contributed by atoms with van der Waals surface area (Å²) >= 11 is 0. The normalized spacial score (nSPS) is 13.3. The van der Waals surface area contributed by atoms with E-state index in [-0.39, 0.29) is 6.04 Å². The van der Waals surface area contributed by atoms with Gasteiger partial charge < -0.3 is 4.90 Å². The minimum absolute atomic E-state index is 0.207. The van der Waals surface area contributed by atoms with Gasteiger partial charge in [0.25, 0.3) is 0 Å². The number of nitrogens with zero attached hydrogens (tertiary/aromatic N) is 1. The fourth-order valence-corrected chi connectivity index (χ4v) is 9.40. The zero-order valence-corrected chi connectivity index (χ0v) is 37.0. The highest BCUT2D eigenvalue weighted by Crippen LogP contribution is 2.41. The monoisotopic (exact) mass is 803 g/mol. The molecule has 62 heavy (non-hydrogen) atoms. The van der Waals surface area contributed by atoms with Crippen molar-refractivity contribution in [2.75, 3.05) is 4.90 Å². The van der Waals surface area contributed by atoms with Crippen LogP contribution in [0.15, 0.2) is 201 Å². The van der Waals surface area contributed by atoms with Gasteiger partial charge in [-0.3, -0.25) is 0 Å². The molecule has 1 nitrogen and oxygen atoms in total. The molecular weight excluding hydrogens is 747 g/mol. The Morgan fingerprint density at radius 2 is 1.35 bits per heavy atom. The smallest absolute Gasteiger partial charge is 0.0556 e. The van der Waals surface area contributed by atoms with Crippen molar-refractivity contribution in [2.24, 2.45) is 0 Å². The Bertz CT molecular complexity index is 3060. The molecule has 0 heterocycles. The highest BCUT2D eigenvalue weighted by molar-refractivity contribution is 6.19. The topological polar surface area (TPSA) is 3.24 Å². The van der Waals surface area contributed by atoms with Gasteiger partial charge in [-0.15, -0.1) is 6.58 Å². The molecule has 0 aromatic heterocycles. The van der Waals surface area contributed by atoms with E-state index in [0.29, 0.717) is 0 Å². The van der Waals surface area contributed by atoms with Crippen molar-refractivity contribution in [3.05, 3.63) is 228 Å². The summed E-state index contributed by atoms with van der Waals surface area (Å²) < 4.78 is 0. The van der Waals surface area contributed by atoms with Gasteiger partial charge in [-0.1, -0.05) is 176 Å². The Hall–Kier alpha value is -6.96. The number of fused-ring (bicyclic) bond motifs is 1. The quantitative estimate of drug-likeness (QED) is 0.125. The summed E-state index contributed by atoms with van der Waals surface area (Å²) in [6.45, 7) is 19.3. The zero-order chi connectivity index (χ0) is 43.2. The molecule has 0 N–H and O–H groups in total. The van der Waals surface area contributed by atoms with Crippen molar-refractivity contribution in [1.29, 1.82) is 0 Å². The highest BCUT2D eigenvalue weighted by Gasteiger charge is 2.21. The molecule has 1 atom stereocenters. The van der Waals surface area contributed by atoms with Crippen LogP contribution in [0.3, 0.4) is 0 Å². The Morgan fingerprint density at radius 1 is 0.629 bits per heavy atom. The molecule has 0 radical (unpaired) electrons. The van der Waals surface area contributed by atoms with Crippen molar-refractivity contribution in [2.45, 2.75) is 59.9 Å². The maximum absolute atomic E-state index is 4.19. The number of allylic oxidation sites excluding steroid dienone is 5. The summed E-state index contributed by atoms with van der Waals surface area (Å²) in [5.74, 6) is 0. The first-order valence-electron chi connectivity index (χ1n) is 22.0. The molecule has 0 saturated carbocycles. The molecule has 1 aliphatic rings. The molecule has 8 aromatic rings. The zero-order valence-electron chi connectivity index (χ0n) is 37.0. The van der Waals surface area contributed by atoms with Gasteiger partial charge in [-0.2, -0.15) is 0 Å². The summed E-state index contributed by atoms with van der Waals surface area (Å²) in [5.41, 5.74) is 15.1. The Labute approximate surface area is 369 Å². The predicted molar refractivity (Wildman–Crippen MR) is 273 cm³/mol. The third-order valence-electron chi connectivity index (χ3n) is 12.3. The lowest BCUT2D eigenvalue weighted by Gasteiger charge is -2.33. The molecule has 0 aliphatic heterocycles. The van der Waals surface area contributed by atoms with Gasteiger partial charge >= 0.3 is 0 Å². The highest BCUT2D eigenvalue weighted by atomic mass is 15.2. The maximum atomic E-state index is 4.19. The third kappa shape index (κ3) is 8.37. The first-order chi connectivity index (χ1) is 30.3. The van der Waals surface area contributed by atoms with Crippen LogP contribution in [0.5, 0.6) is 0 Å². The Kier molecular flexibility index (Phi) is 12.6. The second-order valence-electron chi connectivity index (χ2n) is 16.5. The van der Waals surface area contributed by atoms with Gasteiger partial charge in [0.05, 0.1) is 6.04 Å². The molecule has 0 amide bonds. The van der Waals surface area contributed by atoms with E-state index in [0.717, 1.165) is 19.3 Å². The lowest BCUT2D eigenvalue weighted by atomic mass is 9.83. The molecule has 0 bridgehead atoms. The summed E-state index contributed by atoms with van der Waals surface area (Å²) in [4.78, 5) is 2.45. The number of hydrogen-bond donors (Lipinski definition) is 0. The van der Waals surface area contributed by atoms with Gasteiger partial charge in [0.2, 0.25) is 0 Å². The first kappa shape index (κ1) is 41.8. The van der Waals surface area contributed by atoms with Crippen molar-refractivity contribution >= 4 is 44.1 Å². The first-order valence-corrected chi connectivity index (χ1v) is 22.0. The van der Waals surface area contributed by atoms with Crippen molar-refractivity contribution in [3.8, 4) is 33.4 Å². The lowest BCUT2D eigenvalue weighted by molar-refractivity contribution is 0.760. The van der Waals surface area contributed by atoms with E-state index in [2.05, 4.69) is 210 Å². The van der Waals surface area contributed by atoms with Crippen LogP contribution in [0.25, 0.3) is 71.8 Å². The van der Waals surface area contributed by atoms with Gasteiger partial charge in [-0.05, 0) is 166 Å². The molecule has 306 valence electrons. The standard InChI is InChI=1S/C54H49N.C7H8/c1-7-16-44(17-8-2)55(45-21-11-10-12-22-45)46-30-27-40(28-31-46)42-29-32-47(36(4)33-42)53-38(6)48-23-15-24-49-51(34-37(5)52(54(48)49)50(53)18-9-3)43-26-25-39-19-13-14-20-41(39)35-43;1-7-5-3-2-4-6-7/h7-9,11,13-15,17-35,44H,1,3,10,12,16H2,2,4-6H3;2-6H,1H3/b17-8-,50-18+;. The number of hydrogen-bond acceptors (Lipinski definition) is 1. The molecule has 1 aliphatic carbocycles. The van der Waals surface area contributed by atoms with Gasteiger partial charge in [0, 0.05) is 11.4 Å². The van der Waals surface area contributed by atoms with E-state index < -0.39 is 0 Å². The molecule has 9 rings (SSSR count). The second kappa shape index (κ2) is 18.8. The van der Waals surface area contributed by atoms with Crippen LogP contribution in [0.4, 0.5) is 5.69 Å². The maximum Gasteiger partial charge on any atom is 0.0556 e. The number of benzene rings is 8. The van der Waals surface area contributed by atoms with E-state index in [4.69, 9.17) is 0 Å². The molecular formula is C61H57N. The fraction of sp³-hybridized carbons (Fsp3) is 0.148. The summed E-state index contributed by atoms with van der Waals surface area (Å²) in [7, 11) is 0. The van der Waals surface area contributed by atoms with E-state index >= 15 is 0 Å². The van der Waals surface area contributed by atoms with Gasteiger partial charge in [0.15, 0.2) is 0 Å². The number of aryl methyl sites for hydroxylation is 4. The molecule has 0 fully saturated rings. The Morgan fingerprint density at radius 3 is 2.03 bits per heavy atom. The number of rotatable bonds is 10. The van der Waals surface area contributed by atoms with Crippen LogP contribution in [0, 0.1) is 27.7 Å². The van der Waals surface area contributed by atoms with Crippen LogP contribution >= 0.6 is 0 Å². The average Bonchev–Trinajstić information content (AvgIpc) is 3.30. The van der Waals surface area contributed by atoms with Crippen molar-refractivity contribution < 1.29 is 0 Å². The fourth-order valence-electron chi connectivity index (χ4n) is 9.40. The van der Waals surface area contributed by atoms with Crippen LogP contribution in [-0.2, 0) is 0 Å². The average molecular weight is 804 g/mol. The van der Waals surface area contributed by atoms with Crippen LogP contribution in [0.2, 0.25) is 0 Å². The molecule has 0 spiro atoms. The minimum Gasteiger partial charge on any atom is -0.335 e. The van der Waals surface area contributed by atoms with Crippen molar-refractivity contribution in [3.63, 3.8) is 0 Å². The van der Waals surface area contributed by atoms with E-state index in [1.165, 1.54) is 105 Å². The largest absolute Gasteiger partial charge is 0.335 e. The van der Waals surface area contributed by atoms with Gasteiger partial charge in [0.1, 0.15) is 0 Å².